The van der Waals surface area contributed by atoms with E-state index < -0.39 is 0 Å². The largest absolute Gasteiger partial charge is 0.342 e. The minimum absolute atomic E-state index is 0.208. The van der Waals surface area contributed by atoms with E-state index in [4.69, 9.17) is 0 Å². The molecule has 1 amide bonds. The second-order valence-corrected chi connectivity index (χ2v) is 5.92. The lowest BCUT2D eigenvalue weighted by Gasteiger charge is -2.20. The van der Waals surface area contributed by atoms with E-state index in [1.54, 1.807) is 11.3 Å². The maximum absolute atomic E-state index is 12.1. The molecule has 1 aromatic carbocycles. The first kappa shape index (κ1) is 12.4. The number of rotatable bonds is 3. The Labute approximate surface area is 116 Å². The van der Waals surface area contributed by atoms with E-state index in [2.05, 4.69) is 11.1 Å². The van der Waals surface area contributed by atoms with Crippen molar-refractivity contribution >= 4 is 32.6 Å². The Morgan fingerprint density at radius 3 is 2.84 bits per heavy atom. The van der Waals surface area contributed by atoms with E-state index in [-0.39, 0.29) is 5.91 Å². The molecular weight excluding hydrogens is 258 g/mol. The fraction of sp³-hybridized carbons (Fsp3) is 0.429. The third-order valence-electron chi connectivity index (χ3n) is 3.44. The van der Waals surface area contributed by atoms with Crippen molar-refractivity contribution in [2.24, 2.45) is 0 Å². The Kier molecular flexibility index (Phi) is 3.38. The minimum Gasteiger partial charge on any atom is -0.342 e. The highest BCUT2D eigenvalue weighted by Crippen LogP contribution is 2.27. The molecule has 0 radical (unpaired) electrons. The number of benzene rings is 1. The van der Waals surface area contributed by atoms with Crippen LogP contribution in [-0.4, -0.2) is 42.5 Å². The smallest absolute Gasteiger partial charge is 0.242 e. The topological polar surface area (TPSA) is 36.4 Å². The third kappa shape index (κ3) is 2.56. The summed E-state index contributed by atoms with van der Waals surface area (Å²) in [5.41, 5.74) is 1.00. The summed E-state index contributed by atoms with van der Waals surface area (Å²) >= 11 is 1.63. The highest BCUT2D eigenvalue weighted by molar-refractivity contribution is 7.22. The van der Waals surface area contributed by atoms with E-state index in [9.17, 15) is 4.79 Å². The van der Waals surface area contributed by atoms with Crippen LogP contribution in [0.5, 0.6) is 0 Å². The zero-order valence-electron chi connectivity index (χ0n) is 11.0. The molecule has 0 atom stereocenters. The van der Waals surface area contributed by atoms with Gasteiger partial charge in [0, 0.05) is 20.1 Å². The summed E-state index contributed by atoms with van der Waals surface area (Å²) in [6.07, 6.45) is 2.27. The molecule has 1 aromatic heterocycles. The standard InChI is InChI=1S/C14H17N3OS/c1-16(10-13(18)17-8-4-5-9-17)14-15-11-6-2-3-7-12(11)19-14/h2-3,6-7H,4-5,8-10H2,1H3. The number of likely N-dealkylation sites (tertiary alicyclic amines) is 1. The van der Waals surface area contributed by atoms with Gasteiger partial charge in [0.25, 0.3) is 0 Å². The van der Waals surface area contributed by atoms with Crippen LogP contribution in [0.15, 0.2) is 24.3 Å². The van der Waals surface area contributed by atoms with E-state index in [1.807, 2.05) is 35.0 Å². The van der Waals surface area contributed by atoms with Gasteiger partial charge in [-0.15, -0.1) is 0 Å². The van der Waals surface area contributed by atoms with Gasteiger partial charge in [-0.3, -0.25) is 4.79 Å². The van der Waals surface area contributed by atoms with Gasteiger partial charge in [0.15, 0.2) is 5.13 Å². The molecule has 0 spiro atoms. The van der Waals surface area contributed by atoms with E-state index in [0.717, 1.165) is 41.3 Å². The van der Waals surface area contributed by atoms with Crippen molar-refractivity contribution in [3.63, 3.8) is 0 Å². The molecule has 5 heteroatoms. The van der Waals surface area contributed by atoms with E-state index in [0.29, 0.717) is 6.54 Å². The lowest BCUT2D eigenvalue weighted by Crippen LogP contribution is -2.37. The van der Waals surface area contributed by atoms with Crippen molar-refractivity contribution in [3.8, 4) is 0 Å². The molecule has 2 aromatic rings. The van der Waals surface area contributed by atoms with Crippen LogP contribution in [0.3, 0.4) is 0 Å². The van der Waals surface area contributed by atoms with Crippen LogP contribution in [-0.2, 0) is 4.79 Å². The summed E-state index contributed by atoms with van der Waals surface area (Å²) in [5, 5.41) is 0.911. The summed E-state index contributed by atoms with van der Waals surface area (Å²) in [4.78, 5) is 20.6. The lowest BCUT2D eigenvalue weighted by molar-refractivity contribution is -0.128. The molecule has 0 bridgehead atoms. The number of para-hydroxylation sites is 1. The van der Waals surface area contributed by atoms with Crippen LogP contribution in [0.2, 0.25) is 0 Å². The molecule has 3 rings (SSSR count). The first-order valence-corrected chi connectivity index (χ1v) is 7.40. The molecule has 1 saturated heterocycles. The number of carbonyl (C=O) groups excluding carboxylic acids is 1. The van der Waals surface area contributed by atoms with Crippen LogP contribution >= 0.6 is 11.3 Å². The Morgan fingerprint density at radius 2 is 2.11 bits per heavy atom. The zero-order valence-corrected chi connectivity index (χ0v) is 11.8. The second-order valence-electron chi connectivity index (χ2n) is 4.91. The summed E-state index contributed by atoms with van der Waals surface area (Å²) in [6, 6.07) is 8.07. The fourth-order valence-electron chi connectivity index (χ4n) is 2.36. The maximum atomic E-state index is 12.1. The molecule has 2 heterocycles. The van der Waals surface area contributed by atoms with Crippen molar-refractivity contribution < 1.29 is 4.79 Å². The van der Waals surface area contributed by atoms with Crippen LogP contribution in [0.25, 0.3) is 10.2 Å². The van der Waals surface area contributed by atoms with Gasteiger partial charge in [0.05, 0.1) is 16.8 Å². The van der Waals surface area contributed by atoms with Crippen LogP contribution in [0, 0.1) is 0 Å². The van der Waals surface area contributed by atoms with Gasteiger partial charge in [0.2, 0.25) is 5.91 Å². The fourth-order valence-corrected chi connectivity index (χ4v) is 3.29. The van der Waals surface area contributed by atoms with Crippen LogP contribution in [0.1, 0.15) is 12.8 Å². The van der Waals surface area contributed by atoms with Gasteiger partial charge in [-0.05, 0) is 25.0 Å². The number of nitrogens with zero attached hydrogens (tertiary/aromatic N) is 3. The summed E-state index contributed by atoms with van der Waals surface area (Å²) < 4.78 is 1.16. The molecule has 100 valence electrons. The average molecular weight is 275 g/mol. The Balaban J connectivity index is 1.72. The van der Waals surface area contributed by atoms with Gasteiger partial charge >= 0.3 is 0 Å². The molecule has 0 saturated carbocycles. The van der Waals surface area contributed by atoms with Gasteiger partial charge in [-0.1, -0.05) is 23.5 Å². The number of hydrogen-bond donors (Lipinski definition) is 0. The van der Waals surface area contributed by atoms with Crippen molar-refractivity contribution in [2.45, 2.75) is 12.8 Å². The van der Waals surface area contributed by atoms with Crippen molar-refractivity contribution in [3.05, 3.63) is 24.3 Å². The number of anilines is 1. The number of fused-ring (bicyclic) bond motifs is 1. The van der Waals surface area contributed by atoms with Gasteiger partial charge in [-0.25, -0.2) is 4.98 Å². The van der Waals surface area contributed by atoms with Gasteiger partial charge < -0.3 is 9.80 Å². The Bertz CT molecular complexity index is 556. The molecule has 0 N–H and O–H groups in total. The first-order chi connectivity index (χ1) is 9.24. The Hall–Kier alpha value is -1.62. The van der Waals surface area contributed by atoms with Gasteiger partial charge in [0.1, 0.15) is 0 Å². The maximum Gasteiger partial charge on any atom is 0.242 e. The number of hydrogen-bond acceptors (Lipinski definition) is 4. The molecule has 1 aliphatic heterocycles. The number of amides is 1. The van der Waals surface area contributed by atoms with Gasteiger partial charge in [-0.2, -0.15) is 0 Å². The SMILES string of the molecule is CN(CC(=O)N1CCCC1)c1nc2ccccc2s1. The molecule has 0 unspecified atom stereocenters. The molecule has 1 fully saturated rings. The summed E-state index contributed by atoms with van der Waals surface area (Å²) in [6.45, 7) is 2.23. The van der Waals surface area contributed by atoms with E-state index in [1.165, 1.54) is 0 Å². The number of thiazole rings is 1. The number of aromatic nitrogens is 1. The molecular formula is C14H17N3OS. The first-order valence-electron chi connectivity index (χ1n) is 6.58. The average Bonchev–Trinajstić information content (AvgIpc) is 3.07. The lowest BCUT2D eigenvalue weighted by atomic mass is 10.3. The highest BCUT2D eigenvalue weighted by Gasteiger charge is 2.20. The zero-order chi connectivity index (χ0) is 13.2. The van der Waals surface area contributed by atoms with Crippen molar-refractivity contribution in [1.82, 2.24) is 9.88 Å². The normalized spacial score (nSPS) is 15.1. The second kappa shape index (κ2) is 5.17. The van der Waals surface area contributed by atoms with Crippen molar-refractivity contribution in [1.29, 1.82) is 0 Å². The predicted octanol–water partition coefficient (Wildman–Crippen LogP) is 2.35. The highest BCUT2D eigenvalue weighted by atomic mass is 32.1. The Morgan fingerprint density at radius 1 is 1.37 bits per heavy atom. The minimum atomic E-state index is 0.208. The predicted molar refractivity (Wildman–Crippen MR) is 78.7 cm³/mol. The monoisotopic (exact) mass is 275 g/mol. The molecule has 1 aliphatic rings. The summed E-state index contributed by atoms with van der Waals surface area (Å²) in [7, 11) is 1.94. The van der Waals surface area contributed by atoms with Crippen LogP contribution in [0.4, 0.5) is 5.13 Å². The number of likely N-dealkylation sites (N-methyl/N-ethyl adjacent to an activating group) is 1. The van der Waals surface area contributed by atoms with Crippen LogP contribution < -0.4 is 4.90 Å². The quantitative estimate of drug-likeness (QED) is 0.863. The third-order valence-corrected chi connectivity index (χ3v) is 4.59. The molecule has 19 heavy (non-hydrogen) atoms. The van der Waals surface area contributed by atoms with Crippen molar-refractivity contribution in [2.75, 3.05) is 31.6 Å². The summed E-state index contributed by atoms with van der Waals surface area (Å²) in [5.74, 6) is 0.208. The molecule has 4 nitrogen and oxygen atoms in total. The molecule has 0 aliphatic carbocycles. The number of carbonyl (C=O) groups is 1. The van der Waals surface area contributed by atoms with E-state index >= 15 is 0 Å².